The third-order valence-electron chi connectivity index (χ3n) is 2.41. The predicted octanol–water partition coefficient (Wildman–Crippen LogP) is 2.61. The Morgan fingerprint density at radius 3 is 2.67 bits per heavy atom. The molecule has 0 spiro atoms. The summed E-state index contributed by atoms with van der Waals surface area (Å²) in [7, 11) is 0. The number of ether oxygens (including phenoxy) is 1. The monoisotopic (exact) mass is 245 g/mol. The van der Waals surface area contributed by atoms with Crippen molar-refractivity contribution in [2.75, 3.05) is 0 Å². The van der Waals surface area contributed by atoms with Gasteiger partial charge in [0.05, 0.1) is 0 Å². The van der Waals surface area contributed by atoms with Crippen molar-refractivity contribution in [3.05, 3.63) is 53.5 Å². The van der Waals surface area contributed by atoms with Crippen LogP contribution in [0.4, 0.5) is 4.39 Å². The molecule has 0 amide bonds. The second-order valence-electron chi connectivity index (χ2n) is 3.81. The number of pyridine rings is 1. The van der Waals surface area contributed by atoms with Gasteiger partial charge in [0, 0.05) is 23.9 Å². The molecule has 0 saturated carbocycles. The maximum Gasteiger partial charge on any atom is 0.219 e. The van der Waals surface area contributed by atoms with Crippen molar-refractivity contribution >= 4 is 5.84 Å². The number of hydrogen-bond donors (Lipinski definition) is 2. The van der Waals surface area contributed by atoms with Gasteiger partial charge in [-0.1, -0.05) is 6.07 Å². The van der Waals surface area contributed by atoms with Crippen molar-refractivity contribution in [1.82, 2.24) is 4.98 Å². The minimum Gasteiger partial charge on any atom is -0.439 e. The normalized spacial score (nSPS) is 10.1. The molecule has 0 fully saturated rings. The molecule has 92 valence electrons. The van der Waals surface area contributed by atoms with Crippen molar-refractivity contribution in [1.29, 1.82) is 5.41 Å². The van der Waals surface area contributed by atoms with Gasteiger partial charge in [0.25, 0.3) is 0 Å². The molecule has 0 bridgehead atoms. The second-order valence-corrected chi connectivity index (χ2v) is 3.81. The molecule has 0 saturated heterocycles. The van der Waals surface area contributed by atoms with Crippen LogP contribution in [0.3, 0.4) is 0 Å². The minimum absolute atomic E-state index is 0.0598. The molecule has 4 nitrogen and oxygen atoms in total. The van der Waals surface area contributed by atoms with Crippen LogP contribution in [0, 0.1) is 18.2 Å². The Morgan fingerprint density at radius 2 is 2.11 bits per heavy atom. The molecular formula is C13H12FN3O. The number of benzene rings is 1. The quantitative estimate of drug-likeness (QED) is 0.645. The van der Waals surface area contributed by atoms with E-state index in [0.717, 1.165) is 0 Å². The van der Waals surface area contributed by atoms with Gasteiger partial charge in [-0.2, -0.15) is 0 Å². The van der Waals surface area contributed by atoms with E-state index in [1.54, 1.807) is 31.2 Å². The van der Waals surface area contributed by atoms with Crippen LogP contribution < -0.4 is 10.5 Å². The topological polar surface area (TPSA) is 72.0 Å². The standard InChI is InChI=1S/C13H12FN3O/c1-8-2-4-10(6-11(8)14)18-12-5-3-9(7-17-12)13(15)16/h2-7H,1H3,(H3,15,16). The zero-order chi connectivity index (χ0) is 13.1. The fourth-order valence-electron chi connectivity index (χ4n) is 1.36. The minimum atomic E-state index is -0.326. The van der Waals surface area contributed by atoms with E-state index in [1.807, 2.05) is 0 Å². The van der Waals surface area contributed by atoms with Crippen molar-refractivity contribution < 1.29 is 9.13 Å². The number of halogens is 1. The maximum absolute atomic E-state index is 13.3. The van der Waals surface area contributed by atoms with Crippen molar-refractivity contribution in [3.8, 4) is 11.6 Å². The summed E-state index contributed by atoms with van der Waals surface area (Å²) in [5.41, 5.74) is 6.37. The van der Waals surface area contributed by atoms with Crippen LogP contribution in [0.1, 0.15) is 11.1 Å². The second kappa shape index (κ2) is 4.83. The van der Waals surface area contributed by atoms with E-state index in [9.17, 15) is 4.39 Å². The molecule has 3 N–H and O–H groups in total. The summed E-state index contributed by atoms with van der Waals surface area (Å²) in [6, 6.07) is 7.80. The Balaban J connectivity index is 2.18. The lowest BCUT2D eigenvalue weighted by atomic mass is 10.2. The van der Waals surface area contributed by atoms with E-state index in [4.69, 9.17) is 15.9 Å². The molecule has 5 heteroatoms. The van der Waals surface area contributed by atoms with Gasteiger partial charge in [-0.3, -0.25) is 5.41 Å². The Kier molecular flexibility index (Phi) is 3.23. The lowest BCUT2D eigenvalue weighted by molar-refractivity contribution is 0.457. The van der Waals surface area contributed by atoms with Crippen LogP contribution in [0.15, 0.2) is 36.5 Å². The molecule has 0 aliphatic rings. The van der Waals surface area contributed by atoms with Gasteiger partial charge in [-0.15, -0.1) is 0 Å². The summed E-state index contributed by atoms with van der Waals surface area (Å²) in [5, 5.41) is 7.23. The van der Waals surface area contributed by atoms with Gasteiger partial charge in [-0.25, -0.2) is 9.37 Å². The molecule has 2 rings (SSSR count). The number of amidine groups is 1. The zero-order valence-electron chi connectivity index (χ0n) is 9.77. The van der Waals surface area contributed by atoms with Gasteiger partial charge in [0.15, 0.2) is 0 Å². The molecule has 1 heterocycles. The molecular weight excluding hydrogens is 233 g/mol. The molecule has 0 aliphatic heterocycles. The number of aromatic nitrogens is 1. The molecule has 1 aromatic heterocycles. The first-order valence-corrected chi connectivity index (χ1v) is 5.31. The highest BCUT2D eigenvalue weighted by molar-refractivity contribution is 5.94. The van der Waals surface area contributed by atoms with E-state index in [1.165, 1.54) is 12.3 Å². The molecule has 18 heavy (non-hydrogen) atoms. The number of nitrogen functional groups attached to an aromatic ring is 1. The van der Waals surface area contributed by atoms with Crippen molar-refractivity contribution in [2.45, 2.75) is 6.92 Å². The molecule has 0 aliphatic carbocycles. The average molecular weight is 245 g/mol. The smallest absolute Gasteiger partial charge is 0.219 e. The fourth-order valence-corrected chi connectivity index (χ4v) is 1.36. The van der Waals surface area contributed by atoms with Crippen molar-refractivity contribution in [3.63, 3.8) is 0 Å². The number of nitrogens with two attached hydrogens (primary N) is 1. The number of nitrogens with one attached hydrogen (secondary N) is 1. The van der Waals surface area contributed by atoms with E-state index < -0.39 is 0 Å². The first-order valence-electron chi connectivity index (χ1n) is 5.31. The maximum atomic E-state index is 13.3. The van der Waals surface area contributed by atoms with Gasteiger partial charge in [0.1, 0.15) is 17.4 Å². The summed E-state index contributed by atoms with van der Waals surface area (Å²) in [6.07, 6.45) is 1.43. The SMILES string of the molecule is Cc1ccc(Oc2ccc(C(=N)N)cn2)cc1F. The highest BCUT2D eigenvalue weighted by atomic mass is 19.1. The van der Waals surface area contributed by atoms with Crippen LogP contribution in [-0.2, 0) is 0 Å². The number of rotatable bonds is 3. The fraction of sp³-hybridized carbons (Fsp3) is 0.0769. The van der Waals surface area contributed by atoms with Crippen LogP contribution >= 0.6 is 0 Å². The van der Waals surface area contributed by atoms with Crippen molar-refractivity contribution in [2.24, 2.45) is 5.73 Å². The summed E-state index contributed by atoms with van der Waals surface area (Å²) < 4.78 is 18.7. The van der Waals surface area contributed by atoms with Gasteiger partial charge in [0.2, 0.25) is 5.88 Å². The number of nitrogens with zero attached hydrogens (tertiary/aromatic N) is 1. The molecule has 0 radical (unpaired) electrons. The average Bonchev–Trinajstić information content (AvgIpc) is 2.34. The number of hydrogen-bond acceptors (Lipinski definition) is 3. The highest BCUT2D eigenvalue weighted by Crippen LogP contribution is 2.21. The van der Waals surface area contributed by atoms with E-state index >= 15 is 0 Å². The van der Waals surface area contributed by atoms with Gasteiger partial charge >= 0.3 is 0 Å². The lowest BCUT2D eigenvalue weighted by Crippen LogP contribution is -2.11. The number of aryl methyl sites for hydroxylation is 1. The van der Waals surface area contributed by atoms with Gasteiger partial charge in [-0.05, 0) is 24.6 Å². The highest BCUT2D eigenvalue weighted by Gasteiger charge is 2.03. The van der Waals surface area contributed by atoms with Gasteiger partial charge < -0.3 is 10.5 Å². The zero-order valence-corrected chi connectivity index (χ0v) is 9.77. The largest absolute Gasteiger partial charge is 0.439 e. The Morgan fingerprint density at radius 1 is 1.33 bits per heavy atom. The van der Waals surface area contributed by atoms with E-state index in [2.05, 4.69) is 4.98 Å². The van der Waals surface area contributed by atoms with Crippen LogP contribution in [-0.4, -0.2) is 10.8 Å². The third kappa shape index (κ3) is 2.63. The van der Waals surface area contributed by atoms with E-state index in [0.29, 0.717) is 22.8 Å². The summed E-state index contributed by atoms with van der Waals surface area (Å²) in [5.74, 6) is 0.313. The van der Waals surface area contributed by atoms with E-state index in [-0.39, 0.29) is 11.7 Å². The molecule has 0 unspecified atom stereocenters. The van der Waals surface area contributed by atoms with Crippen LogP contribution in [0.2, 0.25) is 0 Å². The molecule has 1 aromatic carbocycles. The summed E-state index contributed by atoms with van der Waals surface area (Å²) in [6.45, 7) is 1.68. The Labute approximate surface area is 104 Å². The predicted molar refractivity (Wildman–Crippen MR) is 66.5 cm³/mol. The summed E-state index contributed by atoms with van der Waals surface area (Å²) >= 11 is 0. The lowest BCUT2D eigenvalue weighted by Gasteiger charge is -2.06. The first kappa shape index (κ1) is 12.0. The summed E-state index contributed by atoms with van der Waals surface area (Å²) in [4.78, 5) is 3.98. The Hall–Kier alpha value is -2.43. The Bertz CT molecular complexity index is 581. The van der Waals surface area contributed by atoms with Crippen LogP contribution in [0.25, 0.3) is 0 Å². The first-order chi connectivity index (χ1) is 8.56. The third-order valence-corrected chi connectivity index (χ3v) is 2.41. The van der Waals surface area contributed by atoms with Crippen LogP contribution in [0.5, 0.6) is 11.6 Å². The molecule has 0 atom stereocenters. The molecule has 2 aromatic rings.